The number of carbonyl (C=O) groups is 1. The second kappa shape index (κ2) is 8.19. The maximum Gasteiger partial charge on any atom is 0.262 e. The topological polar surface area (TPSA) is 103 Å². The van der Waals surface area contributed by atoms with Crippen molar-refractivity contribution in [3.63, 3.8) is 0 Å². The second-order valence-corrected chi connectivity index (χ2v) is 8.52. The lowest BCUT2D eigenvalue weighted by Crippen LogP contribution is -2.43. The Morgan fingerprint density at radius 2 is 2.00 bits per heavy atom. The number of ether oxygens (including phenoxy) is 2. The number of imidazole rings is 1. The molecule has 0 aliphatic carbocycles. The van der Waals surface area contributed by atoms with Crippen LogP contribution in [0, 0.1) is 5.92 Å². The van der Waals surface area contributed by atoms with Crippen molar-refractivity contribution >= 4 is 21.6 Å². The van der Waals surface area contributed by atoms with E-state index >= 15 is 0 Å². The van der Waals surface area contributed by atoms with Crippen LogP contribution in [0.25, 0.3) is 0 Å². The molecule has 0 saturated carbocycles. The van der Waals surface area contributed by atoms with Crippen molar-refractivity contribution in [2.24, 2.45) is 13.0 Å². The van der Waals surface area contributed by atoms with Crippen molar-refractivity contribution in [3.05, 3.63) is 30.7 Å². The summed E-state index contributed by atoms with van der Waals surface area (Å²) in [5.41, 5.74) is 0.562. The van der Waals surface area contributed by atoms with Crippen LogP contribution in [0.3, 0.4) is 0 Å². The highest BCUT2D eigenvalue weighted by Crippen LogP contribution is 2.30. The number of piperidine rings is 1. The number of anilines is 1. The zero-order valence-electron chi connectivity index (χ0n) is 16.1. The lowest BCUT2D eigenvalue weighted by Gasteiger charge is -2.30. The van der Waals surface area contributed by atoms with Gasteiger partial charge in [0.05, 0.1) is 26.5 Å². The molecule has 0 spiro atoms. The zero-order valence-corrected chi connectivity index (χ0v) is 16.9. The number of sulfonamides is 1. The summed E-state index contributed by atoms with van der Waals surface area (Å²) in [5.74, 6) is 0.391. The van der Waals surface area contributed by atoms with E-state index in [1.807, 2.05) is 0 Å². The molecular weight excluding hydrogens is 384 g/mol. The summed E-state index contributed by atoms with van der Waals surface area (Å²) >= 11 is 0. The fourth-order valence-electron chi connectivity index (χ4n) is 3.19. The van der Waals surface area contributed by atoms with Gasteiger partial charge in [-0.15, -0.1) is 0 Å². The molecule has 1 amide bonds. The van der Waals surface area contributed by atoms with Crippen LogP contribution in [0.4, 0.5) is 5.69 Å². The first-order valence-corrected chi connectivity index (χ1v) is 10.3. The van der Waals surface area contributed by atoms with E-state index in [4.69, 9.17) is 9.47 Å². The largest absolute Gasteiger partial charge is 0.493 e. The van der Waals surface area contributed by atoms with Crippen molar-refractivity contribution < 1.29 is 22.7 Å². The molecular formula is C18H24N4O5S. The minimum absolute atomic E-state index is 0.00375. The molecule has 1 saturated heterocycles. The number of aryl methyl sites for hydroxylation is 1. The van der Waals surface area contributed by atoms with Crippen molar-refractivity contribution in [1.82, 2.24) is 13.9 Å². The van der Waals surface area contributed by atoms with E-state index < -0.39 is 15.9 Å². The second-order valence-electron chi connectivity index (χ2n) is 6.64. The Kier molecular flexibility index (Phi) is 5.90. The van der Waals surface area contributed by atoms with Gasteiger partial charge in [0.25, 0.3) is 10.0 Å². The van der Waals surface area contributed by atoms with E-state index in [9.17, 15) is 13.2 Å². The first-order chi connectivity index (χ1) is 13.3. The molecule has 1 aliphatic rings. The summed E-state index contributed by atoms with van der Waals surface area (Å²) in [7, 11) is 1.05. The van der Waals surface area contributed by atoms with E-state index in [-0.39, 0.29) is 17.5 Å². The Bertz CT molecular complexity index is 957. The maximum absolute atomic E-state index is 12.8. The fraction of sp³-hybridized carbons (Fsp3) is 0.444. The number of amides is 1. The van der Waals surface area contributed by atoms with Crippen molar-refractivity contribution in [3.8, 4) is 11.5 Å². The van der Waals surface area contributed by atoms with Crippen LogP contribution in [0.5, 0.6) is 11.5 Å². The Morgan fingerprint density at radius 1 is 1.25 bits per heavy atom. The quantitative estimate of drug-likeness (QED) is 0.777. The van der Waals surface area contributed by atoms with Crippen LogP contribution in [-0.2, 0) is 21.9 Å². The highest BCUT2D eigenvalue weighted by molar-refractivity contribution is 7.89. The summed E-state index contributed by atoms with van der Waals surface area (Å²) in [6.07, 6.45) is 4.13. The Morgan fingerprint density at radius 3 is 2.64 bits per heavy atom. The molecule has 1 aliphatic heterocycles. The standard InChI is InChI=1S/C18H24N4O5S/c1-21-11-17(19-12-21)28(24,25)22-8-4-5-13(10-22)18(23)20-14-6-7-15(26-2)16(9-14)27-3/h6-7,9,11-13H,4-5,8,10H2,1-3H3,(H,20,23)/t13-/m1/s1. The summed E-state index contributed by atoms with van der Waals surface area (Å²) in [5, 5.41) is 2.83. The number of methoxy groups -OCH3 is 2. The van der Waals surface area contributed by atoms with Gasteiger partial charge in [-0.3, -0.25) is 4.79 Å². The van der Waals surface area contributed by atoms with Crippen LogP contribution in [0.15, 0.2) is 35.7 Å². The van der Waals surface area contributed by atoms with Gasteiger partial charge in [-0.25, -0.2) is 13.4 Å². The molecule has 0 bridgehead atoms. The number of benzene rings is 1. The van der Waals surface area contributed by atoms with Gasteiger partial charge < -0.3 is 19.4 Å². The predicted molar refractivity (Wildman–Crippen MR) is 103 cm³/mol. The third-order valence-corrected chi connectivity index (χ3v) is 6.44. The SMILES string of the molecule is COc1ccc(NC(=O)[C@@H]2CCCN(S(=O)(=O)c3cn(C)cn3)C2)cc1OC. The highest BCUT2D eigenvalue weighted by atomic mass is 32.2. The molecule has 1 atom stereocenters. The van der Waals surface area contributed by atoms with Crippen LogP contribution in [-0.4, -0.2) is 55.5 Å². The smallest absolute Gasteiger partial charge is 0.262 e. The molecule has 0 unspecified atom stereocenters. The van der Waals surface area contributed by atoms with Gasteiger partial charge in [0.15, 0.2) is 16.5 Å². The van der Waals surface area contributed by atoms with Crippen LogP contribution >= 0.6 is 0 Å². The molecule has 0 radical (unpaired) electrons. The highest BCUT2D eigenvalue weighted by Gasteiger charge is 2.34. The number of hydrogen-bond donors (Lipinski definition) is 1. The van der Waals surface area contributed by atoms with Gasteiger partial charge in [-0.1, -0.05) is 0 Å². The van der Waals surface area contributed by atoms with E-state index in [1.165, 1.54) is 31.0 Å². The molecule has 1 fully saturated rings. The average molecular weight is 408 g/mol. The number of rotatable bonds is 6. The van der Waals surface area contributed by atoms with Gasteiger partial charge in [0.2, 0.25) is 5.91 Å². The van der Waals surface area contributed by atoms with Gasteiger partial charge in [-0.05, 0) is 25.0 Å². The van der Waals surface area contributed by atoms with Crippen LogP contribution < -0.4 is 14.8 Å². The monoisotopic (exact) mass is 408 g/mol. The van der Waals surface area contributed by atoms with Crippen molar-refractivity contribution in [1.29, 1.82) is 0 Å². The number of nitrogens with one attached hydrogen (secondary N) is 1. The van der Waals surface area contributed by atoms with Crippen molar-refractivity contribution in [2.45, 2.75) is 17.9 Å². The molecule has 10 heteroatoms. The summed E-state index contributed by atoms with van der Waals surface area (Å²) in [4.78, 5) is 16.7. The third-order valence-electron chi connectivity index (χ3n) is 4.69. The predicted octanol–water partition coefficient (Wildman–Crippen LogP) is 1.48. The third kappa shape index (κ3) is 4.12. The van der Waals surface area contributed by atoms with Crippen LogP contribution in [0.2, 0.25) is 0 Å². The first kappa shape index (κ1) is 20.2. The van der Waals surface area contributed by atoms with Gasteiger partial charge in [0.1, 0.15) is 0 Å². The minimum atomic E-state index is -3.72. The lowest BCUT2D eigenvalue weighted by atomic mass is 9.98. The first-order valence-electron chi connectivity index (χ1n) is 8.86. The van der Waals surface area contributed by atoms with Gasteiger partial charge in [0, 0.05) is 38.1 Å². The molecule has 2 aromatic rings. The summed E-state index contributed by atoms with van der Waals surface area (Å²) in [6, 6.07) is 5.08. The van der Waals surface area contributed by atoms with Crippen molar-refractivity contribution in [2.75, 3.05) is 32.6 Å². The van der Waals surface area contributed by atoms with Gasteiger partial charge in [-0.2, -0.15) is 4.31 Å². The van der Waals surface area contributed by atoms with E-state index in [2.05, 4.69) is 10.3 Å². The molecule has 1 N–H and O–H groups in total. The minimum Gasteiger partial charge on any atom is -0.493 e. The molecule has 2 heterocycles. The summed E-state index contributed by atoms with van der Waals surface area (Å²) < 4.78 is 38.9. The zero-order chi connectivity index (χ0) is 20.3. The molecule has 28 heavy (non-hydrogen) atoms. The average Bonchev–Trinajstić information content (AvgIpc) is 3.15. The molecule has 1 aromatic carbocycles. The summed E-state index contributed by atoms with van der Waals surface area (Å²) in [6.45, 7) is 0.497. The van der Waals surface area contributed by atoms with Crippen LogP contribution in [0.1, 0.15) is 12.8 Å². The molecule has 1 aromatic heterocycles. The number of carbonyl (C=O) groups excluding carboxylic acids is 1. The van der Waals surface area contributed by atoms with E-state index in [0.717, 1.165) is 0 Å². The Labute approximate surface area is 164 Å². The van der Waals surface area contributed by atoms with Gasteiger partial charge >= 0.3 is 0 Å². The van der Waals surface area contributed by atoms with E-state index in [0.29, 0.717) is 36.6 Å². The van der Waals surface area contributed by atoms with E-state index in [1.54, 1.807) is 29.8 Å². The lowest BCUT2D eigenvalue weighted by molar-refractivity contribution is -0.120. The number of nitrogens with zero attached hydrogens (tertiary/aromatic N) is 3. The molecule has 152 valence electrons. The number of hydrogen-bond acceptors (Lipinski definition) is 6. The fourth-order valence-corrected chi connectivity index (χ4v) is 4.68. The maximum atomic E-state index is 12.8. The Hall–Kier alpha value is -2.59. The molecule has 9 nitrogen and oxygen atoms in total. The normalized spacial score (nSPS) is 17.9. The number of aromatic nitrogens is 2. The Balaban J connectivity index is 1.71. The molecule has 3 rings (SSSR count).